The molecule has 20 heavy (non-hydrogen) atoms. The molecule has 0 aliphatic carbocycles. The zero-order chi connectivity index (χ0) is 15.1. The van der Waals surface area contributed by atoms with E-state index in [1.807, 2.05) is 18.2 Å². The molecule has 3 nitrogen and oxygen atoms in total. The average Bonchev–Trinajstić information content (AvgIpc) is 2.63. The highest BCUT2D eigenvalue weighted by molar-refractivity contribution is 6.20. The van der Waals surface area contributed by atoms with Crippen LogP contribution < -0.4 is 5.76 Å². The van der Waals surface area contributed by atoms with Gasteiger partial charge in [-0.3, -0.25) is 4.57 Å². The van der Waals surface area contributed by atoms with Gasteiger partial charge in [0.05, 0.1) is 10.9 Å². The Bertz CT molecular complexity index is 663. The first kappa shape index (κ1) is 15.2. The van der Waals surface area contributed by atoms with E-state index in [0.29, 0.717) is 11.5 Å². The summed E-state index contributed by atoms with van der Waals surface area (Å²) in [5.41, 5.74) is 2.64. The number of oxazole rings is 1. The van der Waals surface area contributed by atoms with Crippen LogP contribution in [0.15, 0.2) is 27.4 Å². The molecule has 0 aliphatic heterocycles. The van der Waals surface area contributed by atoms with Gasteiger partial charge in [0.2, 0.25) is 0 Å². The lowest BCUT2D eigenvalue weighted by Gasteiger charge is -2.29. The largest absolute Gasteiger partial charge is 0.419 e. The van der Waals surface area contributed by atoms with Crippen molar-refractivity contribution in [2.45, 2.75) is 39.5 Å². The molecule has 0 saturated carbocycles. The summed E-state index contributed by atoms with van der Waals surface area (Å²) in [4.78, 5) is 11.5. The Labute approximate surface area is 124 Å². The minimum absolute atomic E-state index is 0.0702. The molecule has 0 amide bonds. The van der Waals surface area contributed by atoms with Crippen LogP contribution in [-0.2, 0) is 7.05 Å². The van der Waals surface area contributed by atoms with E-state index < -0.39 is 0 Å². The third-order valence-corrected chi connectivity index (χ3v) is 4.65. The molecule has 2 atom stereocenters. The summed E-state index contributed by atoms with van der Waals surface area (Å²) in [5, 5.41) is -0.0702. The van der Waals surface area contributed by atoms with Crippen molar-refractivity contribution in [3.05, 3.63) is 34.3 Å². The molecule has 0 N–H and O–H groups in total. The fourth-order valence-electron chi connectivity index (χ4n) is 2.15. The Balaban J connectivity index is 2.27. The van der Waals surface area contributed by atoms with E-state index in [4.69, 9.17) is 16.0 Å². The summed E-state index contributed by atoms with van der Waals surface area (Å²) in [6.07, 6.45) is 0.896. The van der Waals surface area contributed by atoms with E-state index in [2.05, 4.69) is 27.7 Å². The quantitative estimate of drug-likeness (QED) is 0.782. The summed E-state index contributed by atoms with van der Waals surface area (Å²) < 4.78 is 6.71. The number of hydrogen-bond donors (Lipinski definition) is 0. The van der Waals surface area contributed by atoms with Gasteiger partial charge in [-0.15, -0.1) is 11.6 Å². The molecule has 0 bridgehead atoms. The second-order valence-electron chi connectivity index (χ2n) is 6.62. The van der Waals surface area contributed by atoms with E-state index in [9.17, 15) is 4.79 Å². The highest BCUT2D eigenvalue weighted by Gasteiger charge is 2.23. The Morgan fingerprint density at radius 3 is 2.60 bits per heavy atom. The minimum Gasteiger partial charge on any atom is -0.408 e. The summed E-state index contributed by atoms with van der Waals surface area (Å²) in [6, 6.07) is 5.75. The van der Waals surface area contributed by atoms with Crippen molar-refractivity contribution in [2.75, 3.05) is 0 Å². The zero-order valence-electron chi connectivity index (χ0n) is 12.7. The summed E-state index contributed by atoms with van der Waals surface area (Å²) in [5.74, 6) is 0.162. The van der Waals surface area contributed by atoms with Crippen molar-refractivity contribution >= 4 is 22.7 Å². The molecule has 0 saturated heterocycles. The lowest BCUT2D eigenvalue weighted by molar-refractivity contribution is 0.245. The molecule has 2 aromatic rings. The number of nitrogens with zero attached hydrogens (tertiary/aromatic N) is 1. The average molecular weight is 296 g/mol. The van der Waals surface area contributed by atoms with Gasteiger partial charge in [-0.1, -0.05) is 33.8 Å². The van der Waals surface area contributed by atoms with Gasteiger partial charge in [0.25, 0.3) is 0 Å². The highest BCUT2D eigenvalue weighted by Crippen LogP contribution is 2.36. The number of aromatic nitrogens is 1. The number of halogens is 1. The molecule has 0 aliphatic rings. The van der Waals surface area contributed by atoms with Gasteiger partial charge in [0.15, 0.2) is 5.58 Å². The summed E-state index contributed by atoms with van der Waals surface area (Å²) in [6.45, 7) is 8.89. The standard InChI is InChI=1S/C16H22ClNO2/c1-10(16(2,3)4)8-12(17)11-6-7-13-14(9-11)20-15(19)18(13)5/h6-7,9-10,12H,8H2,1-5H3. The van der Waals surface area contributed by atoms with Crippen LogP contribution in [0.3, 0.4) is 0 Å². The topological polar surface area (TPSA) is 35.1 Å². The molecule has 0 radical (unpaired) electrons. The van der Waals surface area contributed by atoms with Crippen LogP contribution in [0.4, 0.5) is 0 Å². The van der Waals surface area contributed by atoms with Gasteiger partial charge >= 0.3 is 5.76 Å². The third kappa shape index (κ3) is 2.93. The second-order valence-corrected chi connectivity index (χ2v) is 7.15. The molecule has 110 valence electrons. The van der Waals surface area contributed by atoms with E-state index in [-0.39, 0.29) is 16.5 Å². The van der Waals surface area contributed by atoms with E-state index >= 15 is 0 Å². The molecular weight excluding hydrogens is 274 g/mol. The van der Waals surface area contributed by atoms with E-state index in [1.165, 1.54) is 4.57 Å². The molecule has 2 rings (SSSR count). The van der Waals surface area contributed by atoms with Crippen molar-refractivity contribution in [2.24, 2.45) is 18.4 Å². The molecule has 1 heterocycles. The minimum atomic E-state index is -0.341. The van der Waals surface area contributed by atoms with Gasteiger partial charge in [-0.05, 0) is 35.4 Å². The van der Waals surface area contributed by atoms with Crippen molar-refractivity contribution in [3.63, 3.8) is 0 Å². The Hall–Kier alpha value is -1.22. The maximum atomic E-state index is 11.5. The van der Waals surface area contributed by atoms with Gasteiger partial charge in [-0.2, -0.15) is 0 Å². The van der Waals surface area contributed by atoms with Crippen molar-refractivity contribution in [1.29, 1.82) is 0 Å². The first-order chi connectivity index (χ1) is 9.20. The number of aryl methyl sites for hydroxylation is 1. The fraction of sp³-hybridized carbons (Fsp3) is 0.562. The highest BCUT2D eigenvalue weighted by atomic mass is 35.5. The molecule has 0 fully saturated rings. The Morgan fingerprint density at radius 1 is 1.35 bits per heavy atom. The van der Waals surface area contributed by atoms with Gasteiger partial charge in [0.1, 0.15) is 0 Å². The predicted molar refractivity (Wildman–Crippen MR) is 83.3 cm³/mol. The Morgan fingerprint density at radius 2 is 2.00 bits per heavy atom. The predicted octanol–water partition coefficient (Wildman–Crippen LogP) is 4.48. The van der Waals surface area contributed by atoms with Crippen LogP contribution in [0.1, 0.15) is 45.1 Å². The van der Waals surface area contributed by atoms with Gasteiger partial charge in [0, 0.05) is 7.05 Å². The monoisotopic (exact) mass is 295 g/mol. The maximum absolute atomic E-state index is 11.5. The second kappa shape index (κ2) is 5.28. The first-order valence-corrected chi connectivity index (χ1v) is 7.37. The van der Waals surface area contributed by atoms with Crippen LogP contribution in [0.5, 0.6) is 0 Å². The van der Waals surface area contributed by atoms with Crippen LogP contribution in [0.25, 0.3) is 11.1 Å². The van der Waals surface area contributed by atoms with E-state index in [1.54, 1.807) is 7.05 Å². The van der Waals surface area contributed by atoms with E-state index in [0.717, 1.165) is 17.5 Å². The van der Waals surface area contributed by atoms with Crippen LogP contribution >= 0.6 is 11.6 Å². The van der Waals surface area contributed by atoms with Crippen LogP contribution in [-0.4, -0.2) is 4.57 Å². The number of fused-ring (bicyclic) bond motifs is 1. The fourth-order valence-corrected chi connectivity index (χ4v) is 2.55. The van der Waals surface area contributed by atoms with Crippen molar-refractivity contribution in [3.8, 4) is 0 Å². The Kier molecular flexibility index (Phi) is 4.01. The summed E-state index contributed by atoms with van der Waals surface area (Å²) in [7, 11) is 1.70. The molecule has 0 spiro atoms. The van der Waals surface area contributed by atoms with Crippen molar-refractivity contribution < 1.29 is 4.42 Å². The number of benzene rings is 1. The first-order valence-electron chi connectivity index (χ1n) is 6.93. The SMILES string of the molecule is CC(CC(Cl)c1ccc2c(c1)oc(=O)n2C)C(C)(C)C. The zero-order valence-corrected chi connectivity index (χ0v) is 13.5. The number of alkyl halides is 1. The lowest BCUT2D eigenvalue weighted by atomic mass is 9.79. The lowest BCUT2D eigenvalue weighted by Crippen LogP contribution is -2.18. The molecule has 2 unspecified atom stereocenters. The number of rotatable bonds is 3. The third-order valence-electron chi connectivity index (χ3n) is 4.22. The molecule has 1 aromatic heterocycles. The van der Waals surface area contributed by atoms with Crippen LogP contribution in [0.2, 0.25) is 0 Å². The molecule has 1 aromatic carbocycles. The molecule has 4 heteroatoms. The smallest absolute Gasteiger partial charge is 0.408 e. The number of hydrogen-bond acceptors (Lipinski definition) is 2. The van der Waals surface area contributed by atoms with Gasteiger partial charge in [-0.25, -0.2) is 4.79 Å². The summed E-state index contributed by atoms with van der Waals surface area (Å²) >= 11 is 6.53. The maximum Gasteiger partial charge on any atom is 0.419 e. The van der Waals surface area contributed by atoms with Crippen LogP contribution in [0, 0.1) is 11.3 Å². The molecular formula is C16H22ClNO2. The normalized spacial score (nSPS) is 15.5. The van der Waals surface area contributed by atoms with Crippen molar-refractivity contribution in [1.82, 2.24) is 4.57 Å². The van der Waals surface area contributed by atoms with Gasteiger partial charge < -0.3 is 4.42 Å².